The zero-order chi connectivity index (χ0) is 9.78. The van der Waals surface area contributed by atoms with E-state index < -0.39 is 12.0 Å². The first-order valence-corrected chi connectivity index (χ1v) is 3.66. The molecular weight excluding hydrogens is 158 g/mol. The summed E-state index contributed by atoms with van der Waals surface area (Å²) < 4.78 is 0. The molecule has 0 aliphatic heterocycles. The third-order valence-corrected chi connectivity index (χ3v) is 1.30. The number of carbonyl (C=O) groups is 1. The number of rotatable bonds is 3. The maximum atomic E-state index is 10.5. The molecule has 0 fully saturated rings. The van der Waals surface area contributed by atoms with Crippen LogP contribution in [0.4, 0.5) is 0 Å². The number of hydrogen-bond donors (Lipinski definition) is 1. The lowest BCUT2D eigenvalue weighted by molar-refractivity contribution is -0.139. The molecule has 0 aromatic carbocycles. The first kappa shape index (κ1) is 10.8. The van der Waals surface area contributed by atoms with Gasteiger partial charge in [-0.05, 0) is 11.8 Å². The quantitative estimate of drug-likeness (QED) is 0.512. The molecule has 0 heterocycles. The second-order valence-corrected chi connectivity index (χ2v) is 3.84. The number of carboxylic acid groups (broad SMARTS) is 1. The van der Waals surface area contributed by atoms with Crippen molar-refractivity contribution in [3.05, 3.63) is 0 Å². The van der Waals surface area contributed by atoms with Crippen molar-refractivity contribution in [3.63, 3.8) is 0 Å². The summed E-state index contributed by atoms with van der Waals surface area (Å²) >= 11 is 0. The molecule has 4 nitrogen and oxygen atoms in total. The van der Waals surface area contributed by atoms with E-state index in [9.17, 15) is 9.59 Å². The summed E-state index contributed by atoms with van der Waals surface area (Å²) in [6.45, 7) is 5.68. The van der Waals surface area contributed by atoms with Crippen LogP contribution in [0, 0.1) is 5.41 Å². The topological polar surface area (TPSA) is 66.7 Å². The Hall–Kier alpha value is -1.15. The van der Waals surface area contributed by atoms with Gasteiger partial charge in [0.15, 0.2) is 6.04 Å². The molecular formula is C8H13NO3. The summed E-state index contributed by atoms with van der Waals surface area (Å²) in [5.41, 5.74) is -0.149. The van der Waals surface area contributed by atoms with Crippen molar-refractivity contribution in [1.29, 1.82) is 0 Å². The van der Waals surface area contributed by atoms with Crippen LogP contribution < -0.4 is 0 Å². The molecule has 68 valence electrons. The van der Waals surface area contributed by atoms with E-state index in [1.165, 1.54) is 6.08 Å². The van der Waals surface area contributed by atoms with Crippen LogP contribution in [-0.2, 0) is 9.59 Å². The Labute approximate surface area is 71.3 Å². The van der Waals surface area contributed by atoms with E-state index >= 15 is 0 Å². The monoisotopic (exact) mass is 171 g/mol. The zero-order valence-corrected chi connectivity index (χ0v) is 7.50. The predicted molar refractivity (Wildman–Crippen MR) is 43.6 cm³/mol. The highest BCUT2D eigenvalue weighted by Gasteiger charge is 2.23. The van der Waals surface area contributed by atoms with E-state index in [0.717, 1.165) is 0 Å². The molecule has 1 atom stereocenters. The molecule has 0 rings (SSSR count). The van der Waals surface area contributed by atoms with Gasteiger partial charge in [0.1, 0.15) is 0 Å². The number of carboxylic acids is 1. The molecule has 0 radical (unpaired) electrons. The van der Waals surface area contributed by atoms with Crippen molar-refractivity contribution in [1.82, 2.24) is 0 Å². The Balaban J connectivity index is 4.34. The number of hydrogen-bond acceptors (Lipinski definition) is 3. The minimum atomic E-state index is -1.08. The molecule has 0 saturated heterocycles. The summed E-state index contributed by atoms with van der Waals surface area (Å²) in [4.78, 5) is 23.5. The Morgan fingerprint density at radius 2 is 2.08 bits per heavy atom. The lowest BCUT2D eigenvalue weighted by Crippen LogP contribution is -2.24. The molecule has 0 aliphatic carbocycles. The lowest BCUT2D eigenvalue weighted by Gasteiger charge is -2.19. The molecule has 0 saturated carbocycles. The maximum Gasteiger partial charge on any atom is 0.329 e. The SMILES string of the molecule is CC(C)(C)C[C@H](N=C=O)C(=O)O. The van der Waals surface area contributed by atoms with Gasteiger partial charge in [0.05, 0.1) is 0 Å². The fourth-order valence-electron chi connectivity index (χ4n) is 0.832. The smallest absolute Gasteiger partial charge is 0.329 e. The Bertz CT molecular complexity index is 209. The molecule has 0 unspecified atom stereocenters. The normalized spacial score (nSPS) is 13.2. The van der Waals surface area contributed by atoms with Gasteiger partial charge in [-0.3, -0.25) is 0 Å². The maximum absolute atomic E-state index is 10.5. The average Bonchev–Trinajstić information content (AvgIpc) is 1.83. The number of carbonyl (C=O) groups excluding carboxylic acids is 1. The van der Waals surface area contributed by atoms with E-state index in [4.69, 9.17) is 5.11 Å². The van der Waals surface area contributed by atoms with Gasteiger partial charge in [-0.1, -0.05) is 20.8 Å². The van der Waals surface area contributed by atoms with E-state index in [2.05, 4.69) is 4.99 Å². The number of aliphatic carboxylic acids is 1. The Morgan fingerprint density at radius 1 is 1.58 bits per heavy atom. The fourth-order valence-corrected chi connectivity index (χ4v) is 0.832. The Morgan fingerprint density at radius 3 is 2.33 bits per heavy atom. The van der Waals surface area contributed by atoms with Crippen molar-refractivity contribution in [2.75, 3.05) is 0 Å². The standard InChI is InChI=1S/C8H13NO3/c1-8(2,3)4-6(7(11)12)9-5-10/h6H,4H2,1-3H3,(H,11,12)/t6-/m0/s1. The Kier molecular flexibility index (Phi) is 3.64. The van der Waals surface area contributed by atoms with Crippen molar-refractivity contribution < 1.29 is 14.7 Å². The first-order chi connectivity index (χ1) is 5.37. The first-order valence-electron chi connectivity index (χ1n) is 3.66. The van der Waals surface area contributed by atoms with Crippen LogP contribution in [0.5, 0.6) is 0 Å². The van der Waals surface area contributed by atoms with Gasteiger partial charge < -0.3 is 5.11 Å². The van der Waals surface area contributed by atoms with Crippen molar-refractivity contribution >= 4 is 12.0 Å². The molecule has 0 bridgehead atoms. The summed E-state index contributed by atoms with van der Waals surface area (Å²) in [7, 11) is 0. The molecule has 0 aromatic rings. The van der Waals surface area contributed by atoms with Gasteiger partial charge in [0, 0.05) is 0 Å². The minimum absolute atomic E-state index is 0.149. The molecule has 0 aromatic heterocycles. The average molecular weight is 171 g/mol. The van der Waals surface area contributed by atoms with Crippen LogP contribution in [0.2, 0.25) is 0 Å². The van der Waals surface area contributed by atoms with Crippen LogP contribution in [-0.4, -0.2) is 23.2 Å². The van der Waals surface area contributed by atoms with Gasteiger partial charge in [-0.25, -0.2) is 9.59 Å². The van der Waals surface area contributed by atoms with E-state index in [0.29, 0.717) is 6.42 Å². The van der Waals surface area contributed by atoms with E-state index in [-0.39, 0.29) is 5.41 Å². The molecule has 1 N–H and O–H groups in total. The van der Waals surface area contributed by atoms with Gasteiger partial charge in [0.25, 0.3) is 0 Å². The molecule has 0 aliphatic rings. The second-order valence-electron chi connectivity index (χ2n) is 3.84. The van der Waals surface area contributed by atoms with Crippen LogP contribution in [0.15, 0.2) is 4.99 Å². The van der Waals surface area contributed by atoms with Crippen molar-refractivity contribution in [2.45, 2.75) is 33.2 Å². The summed E-state index contributed by atoms with van der Waals surface area (Å²) in [6, 6.07) is -0.956. The highest BCUT2D eigenvalue weighted by molar-refractivity contribution is 5.74. The van der Waals surface area contributed by atoms with Gasteiger partial charge in [-0.2, -0.15) is 4.99 Å². The third kappa shape index (κ3) is 4.63. The van der Waals surface area contributed by atoms with Crippen LogP contribution in [0.1, 0.15) is 27.2 Å². The highest BCUT2D eigenvalue weighted by Crippen LogP contribution is 2.22. The molecule has 12 heavy (non-hydrogen) atoms. The number of aliphatic imine (C=N–C) groups is 1. The van der Waals surface area contributed by atoms with Gasteiger partial charge >= 0.3 is 5.97 Å². The second kappa shape index (κ2) is 4.02. The summed E-state index contributed by atoms with van der Waals surface area (Å²) in [5.74, 6) is -1.08. The fraction of sp³-hybridized carbons (Fsp3) is 0.750. The lowest BCUT2D eigenvalue weighted by atomic mass is 9.88. The minimum Gasteiger partial charge on any atom is -0.480 e. The third-order valence-electron chi connectivity index (χ3n) is 1.30. The highest BCUT2D eigenvalue weighted by atomic mass is 16.4. The largest absolute Gasteiger partial charge is 0.480 e. The molecule has 4 heteroatoms. The zero-order valence-electron chi connectivity index (χ0n) is 7.50. The number of nitrogens with zero attached hydrogens (tertiary/aromatic N) is 1. The van der Waals surface area contributed by atoms with Crippen molar-refractivity contribution in [3.8, 4) is 0 Å². The molecule has 0 spiro atoms. The molecule has 0 amide bonds. The predicted octanol–water partition coefficient (Wildman–Crippen LogP) is 1.21. The van der Waals surface area contributed by atoms with Crippen LogP contribution in [0.3, 0.4) is 0 Å². The summed E-state index contributed by atoms with van der Waals surface area (Å²) in [6.07, 6.45) is 1.61. The van der Waals surface area contributed by atoms with Crippen LogP contribution >= 0.6 is 0 Å². The number of isocyanates is 1. The van der Waals surface area contributed by atoms with Gasteiger partial charge in [-0.15, -0.1) is 0 Å². The van der Waals surface area contributed by atoms with Crippen molar-refractivity contribution in [2.24, 2.45) is 10.4 Å². The van der Waals surface area contributed by atoms with E-state index in [1.807, 2.05) is 20.8 Å². The van der Waals surface area contributed by atoms with Crippen LogP contribution in [0.25, 0.3) is 0 Å². The van der Waals surface area contributed by atoms with Gasteiger partial charge in [0.2, 0.25) is 6.08 Å². The van der Waals surface area contributed by atoms with E-state index in [1.54, 1.807) is 0 Å². The summed E-state index contributed by atoms with van der Waals surface area (Å²) in [5, 5.41) is 8.60.